The van der Waals surface area contributed by atoms with Crippen molar-refractivity contribution in [2.75, 3.05) is 26.9 Å². The summed E-state index contributed by atoms with van der Waals surface area (Å²) in [5, 5.41) is 13.7. The molecule has 8 atom stereocenters. The summed E-state index contributed by atoms with van der Waals surface area (Å²) in [7, 11) is 1.51. The Kier molecular flexibility index (Phi) is 13.2. The lowest BCUT2D eigenvalue weighted by Gasteiger charge is -2.46. The van der Waals surface area contributed by atoms with Crippen LogP contribution >= 0.6 is 0 Å². The van der Waals surface area contributed by atoms with Crippen LogP contribution in [0.3, 0.4) is 0 Å². The molecule has 0 saturated carbocycles. The molecule has 0 aromatic heterocycles. The van der Waals surface area contributed by atoms with Crippen molar-refractivity contribution in [2.45, 2.75) is 122 Å². The Morgan fingerprint density at radius 2 is 1.81 bits per heavy atom. The van der Waals surface area contributed by atoms with Gasteiger partial charge in [-0.05, 0) is 56.4 Å². The highest BCUT2D eigenvalue weighted by Gasteiger charge is 2.76. The molecule has 3 aliphatic heterocycles. The number of nitrogens with one attached hydrogen (secondary N) is 1. The van der Waals surface area contributed by atoms with Gasteiger partial charge in [-0.1, -0.05) is 77.1 Å². The fourth-order valence-electron chi connectivity index (χ4n) is 9.05. The minimum Gasteiger partial charge on any atom is -0.455 e. The van der Waals surface area contributed by atoms with E-state index in [2.05, 4.69) is 39.2 Å². The molecule has 0 unspecified atom stereocenters. The van der Waals surface area contributed by atoms with E-state index in [1.807, 2.05) is 58.0 Å². The van der Waals surface area contributed by atoms with E-state index in [0.717, 1.165) is 0 Å². The molecule has 288 valence electrons. The van der Waals surface area contributed by atoms with Gasteiger partial charge in [0, 0.05) is 25.6 Å². The molecule has 52 heavy (non-hydrogen) atoms. The number of ether oxygens (including phenoxy) is 3. The SMILES string of the molecule is C=CCCC(=O)N[C@H](COC)[C@H](OC(=O)[C@@H]1[C@H]2C(=O)N([C@@H](CO)C(C)C)[C@H](C(=O)N(CC=C)C(C)(C)CC(C)(C)C)[C@]23CC[C@H]1O3)c1ccccc1. The molecule has 1 spiro atoms. The van der Waals surface area contributed by atoms with E-state index in [0.29, 0.717) is 31.2 Å². The van der Waals surface area contributed by atoms with E-state index in [4.69, 9.17) is 14.2 Å². The maximum Gasteiger partial charge on any atom is 0.313 e. The molecular formula is C41H61N3O8. The molecule has 3 amide bonds. The number of nitrogens with zero attached hydrogens (tertiary/aromatic N) is 2. The highest BCUT2D eigenvalue weighted by molar-refractivity contribution is 5.98. The van der Waals surface area contributed by atoms with Crippen molar-refractivity contribution >= 4 is 23.7 Å². The fraction of sp³-hybridized carbons (Fsp3) is 0.659. The Morgan fingerprint density at radius 3 is 2.37 bits per heavy atom. The number of allylic oxidation sites excluding steroid dienone is 1. The maximum absolute atomic E-state index is 15.1. The van der Waals surface area contributed by atoms with Gasteiger partial charge in [0.2, 0.25) is 17.7 Å². The van der Waals surface area contributed by atoms with Crippen LogP contribution in [0.15, 0.2) is 55.6 Å². The zero-order chi connectivity index (χ0) is 38.6. The van der Waals surface area contributed by atoms with E-state index in [9.17, 15) is 19.5 Å². The predicted molar refractivity (Wildman–Crippen MR) is 199 cm³/mol. The summed E-state index contributed by atoms with van der Waals surface area (Å²) in [6, 6.07) is 6.62. The number of fused-ring (bicyclic) bond motifs is 1. The third-order valence-corrected chi connectivity index (χ3v) is 10.8. The number of methoxy groups -OCH3 is 1. The summed E-state index contributed by atoms with van der Waals surface area (Å²) in [5.74, 6) is -3.78. The summed E-state index contributed by atoms with van der Waals surface area (Å²) >= 11 is 0. The second-order valence-corrected chi connectivity index (χ2v) is 16.8. The van der Waals surface area contributed by atoms with Crippen molar-refractivity contribution in [3.8, 4) is 0 Å². The van der Waals surface area contributed by atoms with Crippen LogP contribution in [-0.2, 0) is 33.4 Å². The minimum atomic E-state index is -1.30. The van der Waals surface area contributed by atoms with Gasteiger partial charge in [-0.3, -0.25) is 19.2 Å². The third kappa shape index (κ3) is 8.31. The van der Waals surface area contributed by atoms with Crippen molar-refractivity contribution in [2.24, 2.45) is 23.2 Å². The third-order valence-electron chi connectivity index (χ3n) is 10.8. The fourth-order valence-corrected chi connectivity index (χ4v) is 9.05. The number of aliphatic hydroxyl groups is 1. The minimum absolute atomic E-state index is 0.0595. The number of benzene rings is 1. The summed E-state index contributed by atoms with van der Waals surface area (Å²) in [4.78, 5) is 60.8. The Hall–Kier alpha value is -3.54. The van der Waals surface area contributed by atoms with Gasteiger partial charge in [-0.2, -0.15) is 0 Å². The van der Waals surface area contributed by atoms with Crippen LogP contribution in [0.25, 0.3) is 0 Å². The van der Waals surface area contributed by atoms with E-state index in [-0.39, 0.29) is 49.3 Å². The predicted octanol–water partition coefficient (Wildman–Crippen LogP) is 4.99. The molecule has 3 saturated heterocycles. The number of rotatable bonds is 18. The van der Waals surface area contributed by atoms with E-state index in [1.165, 1.54) is 12.0 Å². The lowest BCUT2D eigenvalue weighted by atomic mass is 9.70. The van der Waals surface area contributed by atoms with Crippen molar-refractivity contribution in [1.82, 2.24) is 15.1 Å². The number of hydrogen-bond donors (Lipinski definition) is 2. The number of amides is 3. The van der Waals surface area contributed by atoms with Gasteiger partial charge in [0.05, 0.1) is 43.2 Å². The van der Waals surface area contributed by atoms with E-state index < -0.39 is 65.2 Å². The highest BCUT2D eigenvalue weighted by atomic mass is 16.6. The average Bonchev–Trinajstić information content (AvgIpc) is 3.71. The molecule has 0 radical (unpaired) electrons. The average molecular weight is 724 g/mol. The Balaban J connectivity index is 1.77. The van der Waals surface area contributed by atoms with Gasteiger partial charge in [0.1, 0.15) is 17.7 Å². The number of aliphatic hydroxyl groups excluding tert-OH is 1. The van der Waals surface area contributed by atoms with E-state index in [1.54, 1.807) is 17.1 Å². The van der Waals surface area contributed by atoms with Gasteiger partial charge < -0.3 is 34.4 Å². The number of esters is 1. The standard InChI is InChI=1S/C41H61N3O8/c1-11-13-19-31(46)42-28(24-50-10)34(27-17-15-14-16-18-27)51-38(49)32-30-20-21-41(52-30)33(32)36(47)44(29(23-45)26(3)4)35(41)37(48)43(22-12-2)40(8,9)25-39(5,6)7/h11-12,14-18,26,28-30,32-35,45H,1-2,13,19-25H2,3-10H3,(H,42,46)/t28-,29+,30-,32+,33+,34-,35-,41+/m1/s1. The maximum atomic E-state index is 15.1. The number of likely N-dealkylation sites (tertiary alicyclic amines) is 1. The van der Waals surface area contributed by atoms with Crippen LogP contribution in [0.1, 0.15) is 92.2 Å². The largest absolute Gasteiger partial charge is 0.455 e. The van der Waals surface area contributed by atoms with E-state index >= 15 is 4.79 Å². The van der Waals surface area contributed by atoms with Crippen LogP contribution in [0, 0.1) is 23.2 Å². The summed E-state index contributed by atoms with van der Waals surface area (Å²) in [5.41, 5.74) is -1.38. The summed E-state index contributed by atoms with van der Waals surface area (Å²) in [6.45, 7) is 21.8. The van der Waals surface area contributed by atoms with Gasteiger partial charge >= 0.3 is 5.97 Å². The molecule has 4 rings (SSSR count). The number of hydrogen-bond acceptors (Lipinski definition) is 8. The van der Waals surface area contributed by atoms with Crippen LogP contribution in [-0.4, -0.2) is 101 Å². The molecule has 1 aromatic rings. The Labute approximate surface area is 310 Å². The Bertz CT molecular complexity index is 1460. The first-order valence-corrected chi connectivity index (χ1v) is 18.7. The lowest BCUT2D eigenvalue weighted by molar-refractivity contribution is -0.164. The quantitative estimate of drug-likeness (QED) is 0.160. The highest BCUT2D eigenvalue weighted by Crippen LogP contribution is 2.60. The van der Waals surface area contributed by atoms with Gasteiger partial charge in [0.15, 0.2) is 0 Å². The normalized spacial score (nSPS) is 25.7. The molecular weight excluding hydrogens is 662 g/mol. The first kappa shape index (κ1) is 41.2. The lowest BCUT2D eigenvalue weighted by Crippen LogP contribution is -2.63. The number of carbonyl (C=O) groups is 4. The van der Waals surface area contributed by atoms with Crippen LogP contribution in [0.2, 0.25) is 0 Å². The van der Waals surface area contributed by atoms with Gasteiger partial charge in [0.25, 0.3) is 0 Å². The molecule has 3 heterocycles. The van der Waals surface area contributed by atoms with Crippen molar-refractivity contribution in [3.05, 3.63) is 61.2 Å². The van der Waals surface area contributed by atoms with Crippen LogP contribution in [0.4, 0.5) is 0 Å². The summed E-state index contributed by atoms with van der Waals surface area (Å²) in [6.07, 6.45) is 3.97. The molecule has 3 fully saturated rings. The van der Waals surface area contributed by atoms with Crippen molar-refractivity contribution in [3.63, 3.8) is 0 Å². The molecule has 11 nitrogen and oxygen atoms in total. The second kappa shape index (κ2) is 16.6. The van der Waals surface area contributed by atoms with Crippen LogP contribution < -0.4 is 5.32 Å². The Morgan fingerprint density at radius 1 is 1.13 bits per heavy atom. The molecule has 11 heteroatoms. The van der Waals surface area contributed by atoms with Gasteiger partial charge in [-0.15, -0.1) is 13.2 Å². The molecule has 2 N–H and O–H groups in total. The molecule has 2 bridgehead atoms. The van der Waals surface area contributed by atoms with Crippen LogP contribution in [0.5, 0.6) is 0 Å². The first-order chi connectivity index (χ1) is 24.5. The zero-order valence-electron chi connectivity index (χ0n) is 32.4. The second-order valence-electron chi connectivity index (χ2n) is 16.8. The van der Waals surface area contributed by atoms with Gasteiger partial charge in [-0.25, -0.2) is 0 Å². The topological polar surface area (TPSA) is 135 Å². The smallest absolute Gasteiger partial charge is 0.313 e. The summed E-state index contributed by atoms with van der Waals surface area (Å²) < 4.78 is 18.6. The van der Waals surface area contributed by atoms with Crippen molar-refractivity contribution in [1.29, 1.82) is 0 Å². The molecule has 1 aromatic carbocycles. The van der Waals surface area contributed by atoms with Crippen molar-refractivity contribution < 1.29 is 38.5 Å². The zero-order valence-corrected chi connectivity index (χ0v) is 32.4. The monoisotopic (exact) mass is 723 g/mol. The number of carbonyl (C=O) groups excluding carboxylic acids is 4. The molecule has 0 aliphatic carbocycles. The first-order valence-electron chi connectivity index (χ1n) is 18.7. The molecule has 3 aliphatic rings.